The van der Waals surface area contributed by atoms with Crippen LogP contribution in [0.1, 0.15) is 30.9 Å². The van der Waals surface area contributed by atoms with Gasteiger partial charge in [0.2, 0.25) is 0 Å². The Morgan fingerprint density at radius 3 is 2.20 bits per heavy atom. The number of hydrogen-bond acceptors (Lipinski definition) is 3. The second-order valence-corrected chi connectivity index (χ2v) is 5.11. The number of hydrogen-bond donors (Lipinski definition) is 1. The standard InChI is InChI=1S/C14H18F3NO2/c1-13(5-4-6-18-13)9-7-11(19-2)12(20-3)8-10(9)14(15,16)17/h7-8,18H,4-6H2,1-3H3. The summed E-state index contributed by atoms with van der Waals surface area (Å²) in [5.41, 5.74) is -1.16. The Labute approximate surface area is 116 Å². The Hall–Kier alpha value is -1.43. The molecule has 0 radical (unpaired) electrons. The van der Waals surface area contributed by atoms with Crippen molar-refractivity contribution < 1.29 is 22.6 Å². The van der Waals surface area contributed by atoms with Crippen molar-refractivity contribution >= 4 is 0 Å². The van der Waals surface area contributed by atoms with Gasteiger partial charge in [-0.3, -0.25) is 0 Å². The molecule has 0 spiro atoms. The van der Waals surface area contributed by atoms with Crippen molar-refractivity contribution in [2.75, 3.05) is 20.8 Å². The fourth-order valence-electron chi connectivity index (χ4n) is 2.69. The average molecular weight is 289 g/mol. The van der Waals surface area contributed by atoms with Crippen LogP contribution in [0.2, 0.25) is 0 Å². The van der Waals surface area contributed by atoms with Crippen LogP contribution in [-0.4, -0.2) is 20.8 Å². The number of rotatable bonds is 3. The Balaban J connectivity index is 2.64. The van der Waals surface area contributed by atoms with E-state index in [-0.39, 0.29) is 11.3 Å². The van der Waals surface area contributed by atoms with Crippen LogP contribution in [0.25, 0.3) is 0 Å². The van der Waals surface area contributed by atoms with E-state index in [1.807, 2.05) is 0 Å². The summed E-state index contributed by atoms with van der Waals surface area (Å²) in [6, 6.07) is 2.44. The number of ether oxygens (including phenoxy) is 2. The Morgan fingerprint density at radius 1 is 1.15 bits per heavy atom. The number of alkyl halides is 3. The van der Waals surface area contributed by atoms with E-state index in [1.54, 1.807) is 6.92 Å². The third-order valence-corrected chi connectivity index (χ3v) is 3.79. The minimum atomic E-state index is -4.43. The largest absolute Gasteiger partial charge is 0.493 e. The molecule has 0 amide bonds. The summed E-state index contributed by atoms with van der Waals surface area (Å²) in [5, 5.41) is 3.15. The highest BCUT2D eigenvalue weighted by molar-refractivity contribution is 5.51. The lowest BCUT2D eigenvalue weighted by atomic mass is 9.86. The summed E-state index contributed by atoms with van der Waals surface area (Å²) in [6.07, 6.45) is -2.92. The Morgan fingerprint density at radius 2 is 1.75 bits per heavy atom. The fraction of sp³-hybridized carbons (Fsp3) is 0.571. The van der Waals surface area contributed by atoms with Crippen LogP contribution < -0.4 is 14.8 Å². The van der Waals surface area contributed by atoms with Crippen molar-refractivity contribution in [1.82, 2.24) is 5.32 Å². The van der Waals surface area contributed by atoms with Gasteiger partial charge in [0.05, 0.1) is 19.8 Å². The monoisotopic (exact) mass is 289 g/mol. The first kappa shape index (κ1) is 15.0. The van der Waals surface area contributed by atoms with Crippen molar-refractivity contribution in [3.05, 3.63) is 23.3 Å². The molecule has 6 heteroatoms. The van der Waals surface area contributed by atoms with Gasteiger partial charge in [-0.1, -0.05) is 0 Å². The first-order valence-corrected chi connectivity index (χ1v) is 6.40. The predicted molar refractivity (Wildman–Crippen MR) is 69.1 cm³/mol. The first-order chi connectivity index (χ1) is 9.31. The second-order valence-electron chi connectivity index (χ2n) is 5.11. The Kier molecular flexibility index (Phi) is 3.86. The van der Waals surface area contributed by atoms with Crippen LogP contribution in [0.15, 0.2) is 12.1 Å². The molecule has 3 nitrogen and oxygen atoms in total. The summed E-state index contributed by atoms with van der Waals surface area (Å²) in [5.74, 6) is 0.399. The summed E-state index contributed by atoms with van der Waals surface area (Å²) >= 11 is 0. The smallest absolute Gasteiger partial charge is 0.416 e. The maximum absolute atomic E-state index is 13.3. The minimum absolute atomic E-state index is 0.0881. The number of nitrogens with one attached hydrogen (secondary N) is 1. The van der Waals surface area contributed by atoms with Gasteiger partial charge < -0.3 is 14.8 Å². The van der Waals surface area contributed by atoms with Gasteiger partial charge in [0.15, 0.2) is 11.5 Å². The van der Waals surface area contributed by atoms with Crippen molar-refractivity contribution in [2.24, 2.45) is 0 Å². The van der Waals surface area contributed by atoms with E-state index in [0.29, 0.717) is 18.7 Å². The molecule has 1 aliphatic rings. The molecule has 0 aliphatic carbocycles. The van der Waals surface area contributed by atoms with Crippen LogP contribution in [0.3, 0.4) is 0 Å². The highest BCUT2D eigenvalue weighted by Gasteiger charge is 2.41. The number of methoxy groups -OCH3 is 2. The second kappa shape index (κ2) is 5.16. The summed E-state index contributed by atoms with van der Waals surface area (Å²) < 4.78 is 50.0. The van der Waals surface area contributed by atoms with E-state index >= 15 is 0 Å². The predicted octanol–water partition coefficient (Wildman–Crippen LogP) is 3.32. The topological polar surface area (TPSA) is 30.5 Å². The molecule has 1 N–H and O–H groups in total. The first-order valence-electron chi connectivity index (χ1n) is 6.40. The lowest BCUT2D eigenvalue weighted by Gasteiger charge is -2.29. The van der Waals surface area contributed by atoms with E-state index in [4.69, 9.17) is 9.47 Å². The highest BCUT2D eigenvalue weighted by Crippen LogP contribution is 2.44. The van der Waals surface area contributed by atoms with Crippen LogP contribution in [0.4, 0.5) is 13.2 Å². The van der Waals surface area contributed by atoms with Gasteiger partial charge in [0, 0.05) is 5.54 Å². The molecular formula is C14H18F3NO2. The molecule has 112 valence electrons. The van der Waals surface area contributed by atoms with E-state index < -0.39 is 17.3 Å². The third kappa shape index (κ3) is 2.57. The Bertz CT molecular complexity index is 494. The van der Waals surface area contributed by atoms with Gasteiger partial charge in [-0.05, 0) is 44.0 Å². The molecule has 1 saturated heterocycles. The molecule has 0 bridgehead atoms. The molecule has 1 unspecified atom stereocenters. The van der Waals surface area contributed by atoms with Crippen molar-refractivity contribution in [1.29, 1.82) is 0 Å². The van der Waals surface area contributed by atoms with E-state index in [0.717, 1.165) is 12.5 Å². The zero-order chi connectivity index (χ0) is 15.0. The SMILES string of the molecule is COc1cc(C(F)(F)F)c(C2(C)CCCN2)cc1OC. The normalized spacial score (nSPS) is 22.9. The van der Waals surface area contributed by atoms with Gasteiger partial charge in [0.1, 0.15) is 0 Å². The molecule has 1 fully saturated rings. The lowest BCUT2D eigenvalue weighted by Crippen LogP contribution is -2.35. The van der Waals surface area contributed by atoms with Gasteiger partial charge >= 0.3 is 6.18 Å². The molecule has 2 rings (SSSR count). The van der Waals surface area contributed by atoms with Gasteiger partial charge in [-0.15, -0.1) is 0 Å². The zero-order valence-electron chi connectivity index (χ0n) is 11.7. The average Bonchev–Trinajstić information content (AvgIpc) is 2.84. The third-order valence-electron chi connectivity index (χ3n) is 3.79. The minimum Gasteiger partial charge on any atom is -0.493 e. The molecule has 0 aromatic heterocycles. The van der Waals surface area contributed by atoms with Gasteiger partial charge in [-0.2, -0.15) is 13.2 Å². The number of benzene rings is 1. The van der Waals surface area contributed by atoms with Crippen molar-refractivity contribution in [2.45, 2.75) is 31.5 Å². The van der Waals surface area contributed by atoms with Gasteiger partial charge in [0.25, 0.3) is 0 Å². The van der Waals surface area contributed by atoms with Crippen LogP contribution in [-0.2, 0) is 11.7 Å². The molecule has 1 aromatic carbocycles. The van der Waals surface area contributed by atoms with E-state index in [9.17, 15) is 13.2 Å². The summed E-state index contributed by atoms with van der Waals surface area (Å²) in [7, 11) is 2.74. The van der Waals surface area contributed by atoms with Crippen LogP contribution in [0.5, 0.6) is 11.5 Å². The molecule has 20 heavy (non-hydrogen) atoms. The van der Waals surface area contributed by atoms with Gasteiger partial charge in [-0.25, -0.2) is 0 Å². The molecular weight excluding hydrogens is 271 g/mol. The fourth-order valence-corrected chi connectivity index (χ4v) is 2.69. The quantitative estimate of drug-likeness (QED) is 0.926. The summed E-state index contributed by atoms with van der Waals surface area (Å²) in [6.45, 7) is 2.50. The van der Waals surface area contributed by atoms with Crippen molar-refractivity contribution in [3.63, 3.8) is 0 Å². The van der Waals surface area contributed by atoms with E-state index in [2.05, 4.69) is 5.32 Å². The van der Waals surface area contributed by atoms with E-state index in [1.165, 1.54) is 20.3 Å². The zero-order valence-corrected chi connectivity index (χ0v) is 11.7. The van der Waals surface area contributed by atoms with Crippen LogP contribution >= 0.6 is 0 Å². The molecule has 1 aromatic rings. The molecule has 1 heterocycles. The highest BCUT2D eigenvalue weighted by atomic mass is 19.4. The molecule has 1 aliphatic heterocycles. The lowest BCUT2D eigenvalue weighted by molar-refractivity contribution is -0.139. The maximum atomic E-state index is 13.3. The number of halogens is 3. The molecule has 0 saturated carbocycles. The molecule has 1 atom stereocenters. The van der Waals surface area contributed by atoms with Crippen molar-refractivity contribution in [3.8, 4) is 11.5 Å². The maximum Gasteiger partial charge on any atom is 0.416 e. The van der Waals surface area contributed by atoms with Crippen LogP contribution in [0, 0.1) is 0 Å². The summed E-state index contributed by atoms with van der Waals surface area (Å²) in [4.78, 5) is 0.